The molecule has 0 spiro atoms. The molecular formula is C14H12ClNO4. The summed E-state index contributed by atoms with van der Waals surface area (Å²) >= 11 is 5.76. The Kier molecular flexibility index (Phi) is 4.42. The second-order valence-electron chi connectivity index (χ2n) is 3.97. The van der Waals surface area contributed by atoms with Crippen LogP contribution in [0.5, 0.6) is 17.4 Å². The van der Waals surface area contributed by atoms with Gasteiger partial charge in [0.05, 0.1) is 0 Å². The van der Waals surface area contributed by atoms with E-state index in [1.54, 1.807) is 42.5 Å². The van der Waals surface area contributed by atoms with Crippen molar-refractivity contribution in [3.8, 4) is 17.4 Å². The van der Waals surface area contributed by atoms with Crippen LogP contribution in [0.1, 0.15) is 6.92 Å². The van der Waals surface area contributed by atoms with Gasteiger partial charge in [-0.25, -0.2) is 9.78 Å². The molecule has 1 aromatic carbocycles. The number of hydrogen-bond donors (Lipinski definition) is 1. The average Bonchev–Trinajstić information content (AvgIpc) is 2.39. The van der Waals surface area contributed by atoms with Gasteiger partial charge in [-0.1, -0.05) is 23.7 Å². The number of carbonyl (C=O) groups is 1. The summed E-state index contributed by atoms with van der Waals surface area (Å²) < 4.78 is 10.8. The summed E-state index contributed by atoms with van der Waals surface area (Å²) in [6.07, 6.45) is -0.936. The van der Waals surface area contributed by atoms with Gasteiger partial charge in [0.15, 0.2) is 6.10 Å². The van der Waals surface area contributed by atoms with E-state index in [1.807, 2.05) is 0 Å². The zero-order chi connectivity index (χ0) is 14.5. The summed E-state index contributed by atoms with van der Waals surface area (Å²) in [5.41, 5.74) is 0. The van der Waals surface area contributed by atoms with Crippen molar-refractivity contribution in [2.45, 2.75) is 13.0 Å². The highest BCUT2D eigenvalue weighted by atomic mass is 35.5. The predicted molar refractivity (Wildman–Crippen MR) is 73.5 cm³/mol. The lowest BCUT2D eigenvalue weighted by Gasteiger charge is -2.11. The van der Waals surface area contributed by atoms with Crippen molar-refractivity contribution in [2.75, 3.05) is 0 Å². The minimum atomic E-state index is -1.03. The smallest absolute Gasteiger partial charge is 0.344 e. The van der Waals surface area contributed by atoms with Gasteiger partial charge >= 0.3 is 5.97 Å². The summed E-state index contributed by atoms with van der Waals surface area (Å²) in [7, 11) is 0. The van der Waals surface area contributed by atoms with Crippen molar-refractivity contribution >= 4 is 17.6 Å². The second-order valence-corrected chi connectivity index (χ2v) is 4.36. The highest BCUT2D eigenvalue weighted by molar-refractivity contribution is 6.29. The Hall–Kier alpha value is -2.27. The molecule has 1 unspecified atom stereocenters. The first kappa shape index (κ1) is 14.1. The Bertz CT molecular complexity index is 618. The van der Waals surface area contributed by atoms with Crippen LogP contribution in [0.15, 0.2) is 42.5 Å². The summed E-state index contributed by atoms with van der Waals surface area (Å²) in [6, 6.07) is 11.7. The molecule has 0 bridgehead atoms. The molecule has 0 fully saturated rings. The molecule has 6 heteroatoms. The van der Waals surface area contributed by atoms with Crippen molar-refractivity contribution in [2.24, 2.45) is 0 Å². The molecule has 1 heterocycles. The maximum atomic E-state index is 10.7. The number of carboxylic acid groups (broad SMARTS) is 1. The molecule has 104 valence electrons. The lowest BCUT2D eigenvalue weighted by molar-refractivity contribution is -0.144. The van der Waals surface area contributed by atoms with E-state index in [9.17, 15) is 4.79 Å². The number of aromatic nitrogens is 1. The molecule has 2 rings (SSSR count). The summed E-state index contributed by atoms with van der Waals surface area (Å²) in [5.74, 6) is 0.197. The number of rotatable bonds is 5. The van der Waals surface area contributed by atoms with Gasteiger partial charge in [-0.3, -0.25) is 0 Å². The van der Waals surface area contributed by atoms with Crippen LogP contribution in [0.2, 0.25) is 5.15 Å². The molecule has 1 atom stereocenters. The van der Waals surface area contributed by atoms with E-state index in [2.05, 4.69) is 4.98 Å². The molecule has 2 aromatic rings. The van der Waals surface area contributed by atoms with Gasteiger partial charge < -0.3 is 14.6 Å². The zero-order valence-corrected chi connectivity index (χ0v) is 11.4. The normalized spacial score (nSPS) is 11.7. The van der Waals surface area contributed by atoms with Crippen molar-refractivity contribution in [1.82, 2.24) is 4.98 Å². The number of pyridine rings is 1. The lowest BCUT2D eigenvalue weighted by Crippen LogP contribution is -2.22. The third-order valence-corrected chi connectivity index (χ3v) is 2.59. The Morgan fingerprint density at radius 1 is 1.25 bits per heavy atom. The maximum absolute atomic E-state index is 10.7. The highest BCUT2D eigenvalue weighted by Gasteiger charge is 2.12. The molecule has 0 aliphatic heterocycles. The second kappa shape index (κ2) is 6.25. The minimum absolute atomic E-state index is 0.328. The van der Waals surface area contributed by atoms with Crippen LogP contribution in [0.25, 0.3) is 0 Å². The standard InChI is InChI=1S/C14H12ClNO4/c1-9(14(17)18)19-10-4-2-5-11(8-10)20-13-7-3-6-12(15)16-13/h2-9H,1H3,(H,17,18). The number of aliphatic carboxylic acids is 1. The maximum Gasteiger partial charge on any atom is 0.344 e. The monoisotopic (exact) mass is 293 g/mol. The van der Waals surface area contributed by atoms with Gasteiger partial charge in [0, 0.05) is 12.1 Å². The van der Waals surface area contributed by atoms with E-state index in [-0.39, 0.29) is 0 Å². The quantitative estimate of drug-likeness (QED) is 0.856. The van der Waals surface area contributed by atoms with Gasteiger partial charge in [0.1, 0.15) is 16.7 Å². The van der Waals surface area contributed by atoms with Gasteiger partial charge in [-0.05, 0) is 25.1 Å². The molecule has 0 aliphatic rings. The van der Waals surface area contributed by atoms with Crippen molar-refractivity contribution < 1.29 is 19.4 Å². The molecule has 0 amide bonds. The fourth-order valence-electron chi connectivity index (χ4n) is 1.43. The molecule has 0 saturated heterocycles. The number of benzene rings is 1. The molecule has 0 saturated carbocycles. The molecular weight excluding hydrogens is 282 g/mol. The molecule has 0 radical (unpaired) electrons. The van der Waals surface area contributed by atoms with E-state index in [0.29, 0.717) is 22.5 Å². The molecule has 1 aromatic heterocycles. The van der Waals surface area contributed by atoms with E-state index in [4.69, 9.17) is 26.2 Å². The molecule has 20 heavy (non-hydrogen) atoms. The molecule has 1 N–H and O–H groups in total. The summed E-state index contributed by atoms with van der Waals surface area (Å²) in [4.78, 5) is 14.7. The SMILES string of the molecule is CC(Oc1cccc(Oc2cccc(Cl)n2)c1)C(=O)O. The van der Waals surface area contributed by atoms with E-state index in [1.165, 1.54) is 6.92 Å². The van der Waals surface area contributed by atoms with Gasteiger partial charge in [-0.15, -0.1) is 0 Å². The summed E-state index contributed by atoms with van der Waals surface area (Å²) in [6.45, 7) is 1.45. The first-order chi connectivity index (χ1) is 9.54. The van der Waals surface area contributed by atoms with Crippen LogP contribution < -0.4 is 9.47 Å². The molecule has 0 aliphatic carbocycles. The third kappa shape index (κ3) is 3.86. The lowest BCUT2D eigenvalue weighted by atomic mass is 10.3. The Morgan fingerprint density at radius 2 is 1.95 bits per heavy atom. The van der Waals surface area contributed by atoms with Crippen LogP contribution in [-0.4, -0.2) is 22.2 Å². The Labute approximate surface area is 120 Å². The van der Waals surface area contributed by atoms with E-state index < -0.39 is 12.1 Å². The minimum Gasteiger partial charge on any atom is -0.479 e. The number of ether oxygens (including phenoxy) is 2. The Balaban J connectivity index is 2.11. The number of halogens is 1. The van der Waals surface area contributed by atoms with Crippen molar-refractivity contribution in [1.29, 1.82) is 0 Å². The highest BCUT2D eigenvalue weighted by Crippen LogP contribution is 2.25. The van der Waals surface area contributed by atoms with Gasteiger partial charge in [0.2, 0.25) is 5.88 Å². The first-order valence-corrected chi connectivity index (χ1v) is 6.22. The van der Waals surface area contributed by atoms with Crippen molar-refractivity contribution in [3.63, 3.8) is 0 Å². The average molecular weight is 294 g/mol. The molecule has 5 nitrogen and oxygen atoms in total. The number of nitrogens with zero attached hydrogens (tertiary/aromatic N) is 1. The third-order valence-electron chi connectivity index (χ3n) is 2.38. The topological polar surface area (TPSA) is 68.7 Å². The predicted octanol–water partition coefficient (Wildman–Crippen LogP) is 3.38. The fraction of sp³-hybridized carbons (Fsp3) is 0.143. The van der Waals surface area contributed by atoms with Crippen LogP contribution >= 0.6 is 11.6 Å². The van der Waals surface area contributed by atoms with Gasteiger partial charge in [-0.2, -0.15) is 0 Å². The van der Waals surface area contributed by atoms with E-state index in [0.717, 1.165) is 0 Å². The van der Waals surface area contributed by atoms with Gasteiger partial charge in [0.25, 0.3) is 0 Å². The number of hydrogen-bond acceptors (Lipinski definition) is 4. The van der Waals surface area contributed by atoms with Crippen LogP contribution in [0, 0.1) is 0 Å². The first-order valence-electron chi connectivity index (χ1n) is 5.84. The Morgan fingerprint density at radius 3 is 2.65 bits per heavy atom. The summed E-state index contributed by atoms with van der Waals surface area (Å²) in [5, 5.41) is 9.13. The van der Waals surface area contributed by atoms with Crippen LogP contribution in [0.4, 0.5) is 0 Å². The number of carboxylic acids is 1. The zero-order valence-electron chi connectivity index (χ0n) is 10.6. The fourth-order valence-corrected chi connectivity index (χ4v) is 1.59. The van der Waals surface area contributed by atoms with Crippen molar-refractivity contribution in [3.05, 3.63) is 47.6 Å². The largest absolute Gasteiger partial charge is 0.479 e. The van der Waals surface area contributed by atoms with Crippen LogP contribution in [0.3, 0.4) is 0 Å². The van der Waals surface area contributed by atoms with Crippen LogP contribution in [-0.2, 0) is 4.79 Å². The van der Waals surface area contributed by atoms with E-state index >= 15 is 0 Å².